The molecule has 0 atom stereocenters. The van der Waals surface area contributed by atoms with Crippen LogP contribution in [0.25, 0.3) is 6.08 Å². The average Bonchev–Trinajstić information content (AvgIpc) is 2.17. The van der Waals surface area contributed by atoms with E-state index in [4.69, 9.17) is 11.6 Å². The summed E-state index contributed by atoms with van der Waals surface area (Å²) in [5.74, 6) is 0. The fraction of sp³-hybridized carbons (Fsp3) is 0.200. The molecule has 0 nitrogen and oxygen atoms in total. The molecule has 0 aromatic heterocycles. The zero-order chi connectivity index (χ0) is 14.1. The topological polar surface area (TPSA) is 0 Å². The van der Waals surface area contributed by atoms with Gasteiger partial charge in [-0.25, -0.2) is 0 Å². The lowest BCUT2D eigenvalue weighted by molar-refractivity contribution is -0.137. The number of hydrogen-bond donors (Lipinski definition) is 0. The molecule has 0 heterocycles. The van der Waals surface area contributed by atoms with Gasteiger partial charge in [-0.3, -0.25) is 0 Å². The second-order valence-electron chi connectivity index (χ2n) is 3.22. The van der Waals surface area contributed by atoms with Crippen molar-refractivity contribution in [1.29, 1.82) is 0 Å². The first-order valence-electron chi connectivity index (χ1n) is 4.33. The normalized spacial score (nSPS) is 13.9. The lowest BCUT2D eigenvalue weighted by atomic mass is 10.1. The van der Waals surface area contributed by atoms with Crippen LogP contribution in [0, 0.1) is 0 Å². The zero-order valence-corrected chi connectivity index (χ0v) is 10.7. The maximum atomic E-state index is 12.3. The minimum absolute atomic E-state index is 0.0923. The van der Waals surface area contributed by atoms with E-state index in [-0.39, 0.29) is 10.0 Å². The summed E-state index contributed by atoms with van der Waals surface area (Å²) in [6.45, 7) is 0. The van der Waals surface area contributed by atoms with Crippen molar-refractivity contribution in [1.82, 2.24) is 0 Å². The van der Waals surface area contributed by atoms with Gasteiger partial charge in [0.25, 0.3) is 0 Å². The molecule has 0 saturated carbocycles. The van der Waals surface area contributed by atoms with Gasteiger partial charge in [0.15, 0.2) is 0 Å². The number of benzene rings is 1. The first kappa shape index (κ1) is 15.4. The highest BCUT2D eigenvalue weighted by Gasteiger charge is 2.33. The summed E-state index contributed by atoms with van der Waals surface area (Å²) < 4.78 is 73.2. The smallest absolute Gasteiger partial charge is 0.166 e. The summed E-state index contributed by atoms with van der Waals surface area (Å²) in [5.41, 5.74) is -1.06. The third-order valence-electron chi connectivity index (χ3n) is 1.88. The van der Waals surface area contributed by atoms with Gasteiger partial charge in [0, 0.05) is 4.47 Å². The van der Waals surface area contributed by atoms with Gasteiger partial charge in [-0.1, -0.05) is 33.6 Å². The molecule has 1 aromatic rings. The molecular formula is C10H4BrClF6. The van der Waals surface area contributed by atoms with Crippen molar-refractivity contribution in [2.45, 2.75) is 12.4 Å². The number of hydrogen-bond acceptors (Lipinski definition) is 0. The van der Waals surface area contributed by atoms with Gasteiger partial charge in [-0.2, -0.15) is 26.3 Å². The van der Waals surface area contributed by atoms with Gasteiger partial charge in [0.2, 0.25) is 0 Å². The van der Waals surface area contributed by atoms with Crippen molar-refractivity contribution >= 4 is 33.6 Å². The van der Waals surface area contributed by atoms with E-state index in [1.54, 1.807) is 0 Å². The van der Waals surface area contributed by atoms with E-state index < -0.39 is 22.9 Å². The third kappa shape index (κ3) is 3.91. The minimum Gasteiger partial charge on any atom is -0.166 e. The van der Waals surface area contributed by atoms with Crippen LogP contribution in [0.3, 0.4) is 0 Å². The van der Waals surface area contributed by atoms with E-state index in [1.165, 1.54) is 0 Å². The Balaban J connectivity index is 3.16. The van der Waals surface area contributed by atoms with E-state index >= 15 is 0 Å². The van der Waals surface area contributed by atoms with Gasteiger partial charge in [-0.05, 0) is 23.8 Å². The van der Waals surface area contributed by atoms with Gasteiger partial charge in [0.1, 0.15) is 5.03 Å². The molecule has 0 N–H and O–H groups in total. The van der Waals surface area contributed by atoms with Crippen molar-refractivity contribution < 1.29 is 26.3 Å². The van der Waals surface area contributed by atoms with Crippen LogP contribution in [0.4, 0.5) is 26.3 Å². The molecule has 18 heavy (non-hydrogen) atoms. The molecule has 0 spiro atoms. The molecule has 0 saturated heterocycles. The standard InChI is InChI=1S/C10H4BrClF6/c11-7-4-6(9(13,14)15)2-1-5(7)3-8(12)10(16,17)18/h1-4H/b8-3+. The van der Waals surface area contributed by atoms with Crippen LogP contribution in [-0.2, 0) is 6.18 Å². The van der Waals surface area contributed by atoms with E-state index in [9.17, 15) is 26.3 Å². The second kappa shape index (κ2) is 5.13. The summed E-state index contributed by atoms with van der Waals surface area (Å²) in [6, 6.07) is 2.27. The van der Waals surface area contributed by atoms with Crippen molar-refractivity contribution in [3.63, 3.8) is 0 Å². The Hall–Kier alpha value is -0.690. The number of rotatable bonds is 1. The highest BCUT2D eigenvalue weighted by atomic mass is 79.9. The molecule has 0 aliphatic rings. The molecule has 0 radical (unpaired) electrons. The highest BCUT2D eigenvalue weighted by Crippen LogP contribution is 2.35. The van der Waals surface area contributed by atoms with Crippen molar-refractivity contribution in [2.24, 2.45) is 0 Å². The van der Waals surface area contributed by atoms with Gasteiger partial charge < -0.3 is 0 Å². The Bertz CT molecular complexity index is 474. The fourth-order valence-electron chi connectivity index (χ4n) is 1.04. The Kier molecular flexibility index (Phi) is 4.38. The summed E-state index contributed by atoms with van der Waals surface area (Å²) in [5, 5.41) is -1.41. The monoisotopic (exact) mass is 352 g/mol. The van der Waals surface area contributed by atoms with Crippen LogP contribution in [0.1, 0.15) is 11.1 Å². The molecule has 0 aliphatic carbocycles. The van der Waals surface area contributed by atoms with Crippen molar-refractivity contribution in [2.75, 3.05) is 0 Å². The molecule has 0 fully saturated rings. The quantitative estimate of drug-likeness (QED) is 0.576. The molecule has 0 unspecified atom stereocenters. The SMILES string of the molecule is FC(F)(F)/C(Cl)=C\c1ccc(C(F)(F)F)cc1Br. The van der Waals surface area contributed by atoms with Gasteiger partial charge in [-0.15, -0.1) is 0 Å². The maximum absolute atomic E-state index is 12.3. The molecule has 8 heteroatoms. The van der Waals surface area contributed by atoms with Crippen LogP contribution >= 0.6 is 27.5 Å². The van der Waals surface area contributed by atoms with Crippen molar-refractivity contribution in [3.05, 3.63) is 38.8 Å². The van der Waals surface area contributed by atoms with Crippen LogP contribution in [0.15, 0.2) is 27.7 Å². The Morgan fingerprint density at radius 1 is 1.11 bits per heavy atom. The lowest BCUT2D eigenvalue weighted by Gasteiger charge is -2.09. The molecule has 0 aliphatic heterocycles. The Morgan fingerprint density at radius 2 is 1.67 bits per heavy atom. The second-order valence-corrected chi connectivity index (χ2v) is 4.49. The predicted molar refractivity (Wildman–Crippen MR) is 59.0 cm³/mol. The van der Waals surface area contributed by atoms with Crippen LogP contribution in [0.2, 0.25) is 0 Å². The number of halogens is 8. The van der Waals surface area contributed by atoms with E-state index in [0.29, 0.717) is 18.2 Å². The van der Waals surface area contributed by atoms with Crippen LogP contribution in [0.5, 0.6) is 0 Å². The molecule has 100 valence electrons. The number of alkyl halides is 6. The molecule has 0 amide bonds. The molecule has 1 aromatic carbocycles. The zero-order valence-electron chi connectivity index (χ0n) is 8.33. The molecule has 0 bridgehead atoms. The van der Waals surface area contributed by atoms with E-state index in [2.05, 4.69) is 15.9 Å². The first-order chi connectivity index (χ1) is 8.01. The predicted octanol–water partition coefficient (Wildman–Crippen LogP) is 5.61. The number of allylic oxidation sites excluding steroid dienone is 1. The van der Waals surface area contributed by atoms with Crippen LogP contribution < -0.4 is 0 Å². The summed E-state index contributed by atoms with van der Waals surface area (Å²) in [6.07, 6.45) is -8.74. The Labute approximate surface area is 111 Å². The lowest BCUT2D eigenvalue weighted by Crippen LogP contribution is -2.07. The van der Waals surface area contributed by atoms with Crippen molar-refractivity contribution in [3.8, 4) is 0 Å². The fourth-order valence-corrected chi connectivity index (χ4v) is 1.65. The van der Waals surface area contributed by atoms with Gasteiger partial charge in [0.05, 0.1) is 5.56 Å². The van der Waals surface area contributed by atoms with E-state index in [1.807, 2.05) is 0 Å². The summed E-state index contributed by atoms with van der Waals surface area (Å²) >= 11 is 7.75. The third-order valence-corrected chi connectivity index (χ3v) is 2.89. The first-order valence-corrected chi connectivity index (χ1v) is 5.50. The van der Waals surface area contributed by atoms with Gasteiger partial charge >= 0.3 is 12.4 Å². The highest BCUT2D eigenvalue weighted by molar-refractivity contribution is 9.10. The summed E-state index contributed by atoms with van der Waals surface area (Å²) in [4.78, 5) is 0. The summed E-state index contributed by atoms with van der Waals surface area (Å²) in [7, 11) is 0. The molecular weight excluding hydrogens is 349 g/mol. The average molecular weight is 353 g/mol. The Morgan fingerprint density at radius 3 is 2.06 bits per heavy atom. The maximum Gasteiger partial charge on any atom is 0.426 e. The molecule has 1 rings (SSSR count). The van der Waals surface area contributed by atoms with Crippen LogP contribution in [-0.4, -0.2) is 6.18 Å². The van der Waals surface area contributed by atoms with E-state index in [0.717, 1.165) is 6.07 Å². The largest absolute Gasteiger partial charge is 0.426 e. The minimum atomic E-state index is -4.73.